The van der Waals surface area contributed by atoms with Gasteiger partial charge in [0, 0.05) is 18.0 Å². The average Bonchev–Trinajstić information content (AvgIpc) is 3.24. The van der Waals surface area contributed by atoms with Gasteiger partial charge < -0.3 is 14.4 Å². The van der Waals surface area contributed by atoms with Crippen LogP contribution in [0.15, 0.2) is 39.9 Å². The third-order valence-electron chi connectivity index (χ3n) is 3.53. The molecule has 4 rings (SSSR count). The van der Waals surface area contributed by atoms with E-state index in [4.69, 9.17) is 9.05 Å². The summed E-state index contributed by atoms with van der Waals surface area (Å²) in [6.07, 6.45) is 4.79. The van der Waals surface area contributed by atoms with Gasteiger partial charge in [0.25, 0.3) is 5.71 Å². The molecule has 0 amide bonds. The van der Waals surface area contributed by atoms with Crippen molar-refractivity contribution in [2.45, 2.75) is 19.9 Å². The highest BCUT2D eigenvalue weighted by molar-refractivity contribution is 5.87. The molecule has 0 fully saturated rings. The predicted octanol–water partition coefficient (Wildman–Crippen LogP) is 2.54. The van der Waals surface area contributed by atoms with E-state index in [1.165, 1.54) is 6.33 Å². The number of rotatable bonds is 4. The van der Waals surface area contributed by atoms with Gasteiger partial charge in [0.1, 0.15) is 23.6 Å². The van der Waals surface area contributed by atoms with E-state index in [1.807, 2.05) is 26.0 Å². The van der Waals surface area contributed by atoms with E-state index in [9.17, 15) is 0 Å². The van der Waals surface area contributed by atoms with Gasteiger partial charge >= 0.3 is 0 Å². The van der Waals surface area contributed by atoms with Crippen LogP contribution in [0.5, 0.6) is 0 Å². The lowest BCUT2D eigenvalue weighted by Gasteiger charge is -2.10. The molecule has 0 aliphatic rings. The molecule has 0 radical (unpaired) electrons. The van der Waals surface area contributed by atoms with Crippen molar-refractivity contribution < 1.29 is 9.05 Å². The summed E-state index contributed by atoms with van der Waals surface area (Å²) < 4.78 is 10.5. The molecule has 1 N–H and O–H groups in total. The summed E-state index contributed by atoms with van der Waals surface area (Å²) in [4.78, 5) is 16.7. The number of pyridine rings is 1. The van der Waals surface area contributed by atoms with Gasteiger partial charge in [-0.3, -0.25) is 4.98 Å². The van der Waals surface area contributed by atoms with Crippen LogP contribution in [0.25, 0.3) is 22.5 Å². The zero-order chi connectivity index (χ0) is 16.5. The molecule has 0 bridgehead atoms. The molecule has 0 spiro atoms. The van der Waals surface area contributed by atoms with Crippen molar-refractivity contribution in [1.29, 1.82) is 0 Å². The van der Waals surface area contributed by atoms with Crippen molar-refractivity contribution in [2.75, 3.05) is 5.32 Å². The van der Waals surface area contributed by atoms with E-state index in [1.54, 1.807) is 12.4 Å². The van der Waals surface area contributed by atoms with Crippen molar-refractivity contribution in [3.8, 4) is 11.4 Å². The topological polar surface area (TPSA) is 116 Å². The highest BCUT2D eigenvalue weighted by Crippen LogP contribution is 2.26. The monoisotopic (exact) mass is 323 g/mol. The Morgan fingerprint density at radius 3 is 2.92 bits per heavy atom. The SMILES string of the molecule is Cc1noc2ncnc(N[C@@H](C)c3nc(-c4cccnc4)no3)c12. The van der Waals surface area contributed by atoms with Gasteiger partial charge in [-0.2, -0.15) is 9.97 Å². The molecule has 0 saturated heterocycles. The summed E-state index contributed by atoms with van der Waals surface area (Å²) in [5.41, 5.74) is 1.93. The number of hydrogen-bond acceptors (Lipinski definition) is 9. The number of aryl methyl sites for hydroxylation is 1. The molecule has 4 heterocycles. The first-order valence-electron chi connectivity index (χ1n) is 7.30. The summed E-state index contributed by atoms with van der Waals surface area (Å²) in [7, 11) is 0. The third-order valence-corrected chi connectivity index (χ3v) is 3.53. The number of aromatic nitrogens is 6. The highest BCUT2D eigenvalue weighted by Gasteiger charge is 2.19. The zero-order valence-electron chi connectivity index (χ0n) is 13.0. The summed E-state index contributed by atoms with van der Waals surface area (Å²) in [6, 6.07) is 3.43. The molecular weight excluding hydrogens is 310 g/mol. The molecule has 9 nitrogen and oxygen atoms in total. The molecule has 1 atom stereocenters. The maximum Gasteiger partial charge on any atom is 0.263 e. The van der Waals surface area contributed by atoms with Crippen molar-refractivity contribution in [2.24, 2.45) is 0 Å². The molecule has 0 aromatic carbocycles. The largest absolute Gasteiger partial charge is 0.358 e. The molecule has 0 unspecified atom stereocenters. The fraction of sp³-hybridized carbons (Fsp3) is 0.200. The number of anilines is 1. The Morgan fingerprint density at radius 2 is 2.08 bits per heavy atom. The van der Waals surface area contributed by atoms with Crippen LogP contribution in [-0.2, 0) is 0 Å². The molecule has 24 heavy (non-hydrogen) atoms. The Hall–Kier alpha value is -3.36. The fourth-order valence-corrected chi connectivity index (χ4v) is 2.32. The van der Waals surface area contributed by atoms with Crippen LogP contribution in [0.1, 0.15) is 24.6 Å². The second-order valence-electron chi connectivity index (χ2n) is 5.23. The first-order chi connectivity index (χ1) is 11.7. The van der Waals surface area contributed by atoms with Crippen LogP contribution in [0.3, 0.4) is 0 Å². The van der Waals surface area contributed by atoms with Crippen LogP contribution >= 0.6 is 0 Å². The van der Waals surface area contributed by atoms with E-state index >= 15 is 0 Å². The predicted molar refractivity (Wildman–Crippen MR) is 83.9 cm³/mol. The van der Waals surface area contributed by atoms with Crippen LogP contribution in [0.2, 0.25) is 0 Å². The number of fused-ring (bicyclic) bond motifs is 1. The summed E-state index contributed by atoms with van der Waals surface area (Å²) in [5.74, 6) is 1.53. The third kappa shape index (κ3) is 2.45. The summed E-state index contributed by atoms with van der Waals surface area (Å²) in [5, 5.41) is 11.9. The molecule has 0 saturated carbocycles. The van der Waals surface area contributed by atoms with Gasteiger partial charge in [-0.1, -0.05) is 10.3 Å². The molecule has 4 aromatic heterocycles. The molecule has 0 aliphatic heterocycles. The number of nitrogens with zero attached hydrogens (tertiary/aromatic N) is 6. The molecule has 4 aromatic rings. The van der Waals surface area contributed by atoms with Gasteiger partial charge in [-0.05, 0) is 26.0 Å². The Kier molecular flexibility index (Phi) is 3.38. The van der Waals surface area contributed by atoms with E-state index in [-0.39, 0.29) is 6.04 Å². The van der Waals surface area contributed by atoms with Crippen molar-refractivity contribution in [3.05, 3.63) is 42.4 Å². The van der Waals surface area contributed by atoms with Crippen molar-refractivity contribution in [1.82, 2.24) is 30.2 Å². The minimum Gasteiger partial charge on any atom is -0.358 e. The maximum atomic E-state index is 5.34. The van der Waals surface area contributed by atoms with Gasteiger partial charge in [-0.15, -0.1) is 0 Å². The molecule has 120 valence electrons. The minimum absolute atomic E-state index is 0.254. The normalized spacial score (nSPS) is 12.4. The zero-order valence-corrected chi connectivity index (χ0v) is 13.0. The van der Waals surface area contributed by atoms with E-state index in [2.05, 4.69) is 35.6 Å². The Balaban J connectivity index is 1.61. The van der Waals surface area contributed by atoms with Crippen LogP contribution in [0.4, 0.5) is 5.82 Å². The fourth-order valence-electron chi connectivity index (χ4n) is 2.32. The van der Waals surface area contributed by atoms with E-state index in [0.717, 1.165) is 10.9 Å². The minimum atomic E-state index is -0.254. The standard InChI is InChI=1S/C15H13N7O2/c1-8-11-13(17-7-18-15(11)24-21-8)19-9(2)14-20-12(22-23-14)10-4-3-5-16-6-10/h3-7,9H,1-2H3,(H,17,18,19)/t9-/m0/s1. The number of nitrogens with one attached hydrogen (secondary N) is 1. The van der Waals surface area contributed by atoms with E-state index in [0.29, 0.717) is 28.9 Å². The van der Waals surface area contributed by atoms with Gasteiger partial charge in [0.05, 0.1) is 5.69 Å². The van der Waals surface area contributed by atoms with Gasteiger partial charge in [0.15, 0.2) is 0 Å². The Morgan fingerprint density at radius 1 is 1.17 bits per heavy atom. The smallest absolute Gasteiger partial charge is 0.263 e. The second-order valence-corrected chi connectivity index (χ2v) is 5.23. The highest BCUT2D eigenvalue weighted by atomic mass is 16.5. The quantitative estimate of drug-likeness (QED) is 0.604. The van der Waals surface area contributed by atoms with Crippen molar-refractivity contribution >= 4 is 16.9 Å². The lowest BCUT2D eigenvalue weighted by Crippen LogP contribution is -2.09. The van der Waals surface area contributed by atoms with Crippen LogP contribution in [0, 0.1) is 6.92 Å². The molecule has 9 heteroatoms. The summed E-state index contributed by atoms with van der Waals surface area (Å²) >= 11 is 0. The second kappa shape index (κ2) is 5.69. The van der Waals surface area contributed by atoms with E-state index < -0.39 is 0 Å². The molecule has 0 aliphatic carbocycles. The summed E-state index contributed by atoms with van der Waals surface area (Å²) in [6.45, 7) is 3.73. The maximum absolute atomic E-state index is 5.34. The first-order valence-corrected chi connectivity index (χ1v) is 7.30. The lowest BCUT2D eigenvalue weighted by molar-refractivity contribution is 0.368. The average molecular weight is 323 g/mol. The van der Waals surface area contributed by atoms with Gasteiger partial charge in [0.2, 0.25) is 11.7 Å². The molecular formula is C15H13N7O2. The van der Waals surface area contributed by atoms with Crippen molar-refractivity contribution in [3.63, 3.8) is 0 Å². The first kappa shape index (κ1) is 14.2. The lowest BCUT2D eigenvalue weighted by atomic mass is 10.2. The Labute approximate surface area is 136 Å². The van der Waals surface area contributed by atoms with Crippen LogP contribution in [-0.4, -0.2) is 30.2 Å². The van der Waals surface area contributed by atoms with Crippen LogP contribution < -0.4 is 5.32 Å². The Bertz CT molecular complexity index is 980. The number of hydrogen-bond donors (Lipinski definition) is 1. The van der Waals surface area contributed by atoms with Gasteiger partial charge in [-0.25, -0.2) is 4.98 Å².